The number of carbonyl (C=O) groups is 1. The van der Waals surface area contributed by atoms with E-state index in [0.29, 0.717) is 31.6 Å². The van der Waals surface area contributed by atoms with E-state index in [-0.39, 0.29) is 12.5 Å². The highest BCUT2D eigenvalue weighted by atomic mass is 19.1. The van der Waals surface area contributed by atoms with Gasteiger partial charge in [-0.15, -0.1) is 0 Å². The summed E-state index contributed by atoms with van der Waals surface area (Å²) >= 11 is 0. The molecule has 19 heavy (non-hydrogen) atoms. The Labute approximate surface area is 111 Å². The Morgan fingerprint density at radius 1 is 1.26 bits per heavy atom. The van der Waals surface area contributed by atoms with E-state index in [0.717, 1.165) is 6.07 Å². The number of halogens is 2. The normalized spacial score (nSPS) is 18.1. The number of ether oxygens (including phenoxy) is 1. The maximum atomic E-state index is 13.0. The van der Waals surface area contributed by atoms with Crippen LogP contribution in [-0.2, 0) is 16.1 Å². The van der Waals surface area contributed by atoms with Crippen LogP contribution in [-0.4, -0.2) is 19.1 Å². The van der Waals surface area contributed by atoms with Gasteiger partial charge in [-0.3, -0.25) is 4.79 Å². The van der Waals surface area contributed by atoms with Gasteiger partial charge in [-0.05, 0) is 30.5 Å². The number of rotatable bonds is 3. The zero-order valence-electron chi connectivity index (χ0n) is 10.8. The predicted octanol–water partition coefficient (Wildman–Crippen LogP) is 2.40. The SMILES string of the molecule is CC1(C(=O)NCc2cc(F)cc(F)c2)CCOCC1. The van der Waals surface area contributed by atoms with E-state index in [1.807, 2.05) is 6.92 Å². The average molecular weight is 269 g/mol. The summed E-state index contributed by atoms with van der Waals surface area (Å²) in [5.41, 5.74) is -0.0362. The second-order valence-electron chi connectivity index (χ2n) is 5.13. The molecule has 0 spiro atoms. The third-order valence-corrected chi connectivity index (χ3v) is 3.52. The summed E-state index contributed by atoms with van der Waals surface area (Å²) in [6.07, 6.45) is 1.33. The molecule has 0 aromatic heterocycles. The average Bonchev–Trinajstić information content (AvgIpc) is 2.35. The first-order valence-electron chi connectivity index (χ1n) is 6.31. The minimum absolute atomic E-state index is 0.0968. The van der Waals surface area contributed by atoms with E-state index in [2.05, 4.69) is 5.32 Å². The van der Waals surface area contributed by atoms with Crippen molar-refractivity contribution in [2.24, 2.45) is 5.41 Å². The van der Waals surface area contributed by atoms with Gasteiger partial charge in [0.25, 0.3) is 0 Å². The monoisotopic (exact) mass is 269 g/mol. The maximum Gasteiger partial charge on any atom is 0.226 e. The first kappa shape index (κ1) is 13.9. The number of nitrogens with one attached hydrogen (secondary N) is 1. The van der Waals surface area contributed by atoms with Gasteiger partial charge in [0.05, 0.1) is 5.41 Å². The zero-order valence-corrected chi connectivity index (χ0v) is 10.8. The molecule has 1 heterocycles. The minimum Gasteiger partial charge on any atom is -0.381 e. The van der Waals surface area contributed by atoms with Crippen LogP contribution < -0.4 is 5.32 Å². The molecule has 1 aliphatic rings. The number of carbonyl (C=O) groups excluding carboxylic acids is 1. The summed E-state index contributed by atoms with van der Waals surface area (Å²) in [7, 11) is 0. The molecule has 0 saturated carbocycles. The number of benzene rings is 1. The van der Waals surface area contributed by atoms with Crippen LogP contribution in [0.2, 0.25) is 0 Å². The van der Waals surface area contributed by atoms with E-state index in [9.17, 15) is 13.6 Å². The first-order valence-corrected chi connectivity index (χ1v) is 6.31. The molecule has 1 amide bonds. The van der Waals surface area contributed by atoms with Crippen molar-refractivity contribution in [3.05, 3.63) is 35.4 Å². The standard InChI is InChI=1S/C14H17F2NO2/c1-14(2-4-19-5-3-14)13(18)17-9-10-6-11(15)8-12(16)7-10/h6-8H,2-5,9H2,1H3,(H,17,18). The Balaban J connectivity index is 1.96. The maximum absolute atomic E-state index is 13.0. The van der Waals surface area contributed by atoms with E-state index in [1.165, 1.54) is 12.1 Å². The highest BCUT2D eigenvalue weighted by molar-refractivity contribution is 5.82. The molecule has 1 fully saturated rings. The van der Waals surface area contributed by atoms with Crippen molar-refractivity contribution < 1.29 is 18.3 Å². The van der Waals surface area contributed by atoms with Crippen molar-refractivity contribution in [2.75, 3.05) is 13.2 Å². The molecule has 1 aromatic rings. The summed E-state index contributed by atoms with van der Waals surface area (Å²) < 4.78 is 31.3. The van der Waals surface area contributed by atoms with Crippen LogP contribution >= 0.6 is 0 Å². The smallest absolute Gasteiger partial charge is 0.226 e. The van der Waals surface area contributed by atoms with Crippen LogP contribution in [0.3, 0.4) is 0 Å². The van der Waals surface area contributed by atoms with Crippen molar-refractivity contribution >= 4 is 5.91 Å². The Bertz CT molecular complexity index is 450. The molecule has 0 unspecified atom stereocenters. The summed E-state index contributed by atoms with van der Waals surface area (Å²) in [6.45, 7) is 3.15. The molecule has 104 valence electrons. The molecule has 1 saturated heterocycles. The molecule has 0 aliphatic carbocycles. The highest BCUT2D eigenvalue weighted by Crippen LogP contribution is 2.29. The van der Waals surface area contributed by atoms with Gasteiger partial charge in [0.1, 0.15) is 11.6 Å². The van der Waals surface area contributed by atoms with Crippen LogP contribution in [0.4, 0.5) is 8.78 Å². The Morgan fingerprint density at radius 3 is 2.42 bits per heavy atom. The second kappa shape index (κ2) is 5.65. The fraction of sp³-hybridized carbons (Fsp3) is 0.500. The van der Waals surface area contributed by atoms with Crippen molar-refractivity contribution in [1.29, 1.82) is 0 Å². The molecule has 2 rings (SSSR count). The quantitative estimate of drug-likeness (QED) is 0.915. The molecule has 5 heteroatoms. The van der Waals surface area contributed by atoms with E-state index in [4.69, 9.17) is 4.74 Å². The molecule has 1 aromatic carbocycles. The highest BCUT2D eigenvalue weighted by Gasteiger charge is 2.34. The topological polar surface area (TPSA) is 38.3 Å². The number of hydrogen-bond acceptors (Lipinski definition) is 2. The molecule has 1 N–H and O–H groups in total. The third kappa shape index (κ3) is 3.50. The first-order chi connectivity index (χ1) is 8.99. The van der Waals surface area contributed by atoms with Crippen LogP contribution in [0.1, 0.15) is 25.3 Å². The lowest BCUT2D eigenvalue weighted by molar-refractivity contribution is -0.135. The van der Waals surface area contributed by atoms with Gasteiger partial charge in [-0.1, -0.05) is 6.92 Å². The minimum atomic E-state index is -0.637. The molecular formula is C14H17F2NO2. The van der Waals surface area contributed by atoms with Crippen LogP contribution in [0.5, 0.6) is 0 Å². The largest absolute Gasteiger partial charge is 0.381 e. The molecule has 3 nitrogen and oxygen atoms in total. The molecular weight excluding hydrogens is 252 g/mol. The van der Waals surface area contributed by atoms with Crippen LogP contribution in [0.25, 0.3) is 0 Å². The Morgan fingerprint density at radius 2 is 1.84 bits per heavy atom. The summed E-state index contributed by atoms with van der Waals surface area (Å²) in [6, 6.07) is 3.25. The van der Waals surface area contributed by atoms with E-state index in [1.54, 1.807) is 0 Å². The van der Waals surface area contributed by atoms with E-state index >= 15 is 0 Å². The summed E-state index contributed by atoms with van der Waals surface area (Å²) in [5.74, 6) is -1.37. The van der Waals surface area contributed by atoms with Gasteiger partial charge < -0.3 is 10.1 Å². The summed E-state index contributed by atoms with van der Waals surface area (Å²) in [5, 5.41) is 2.74. The number of amides is 1. The van der Waals surface area contributed by atoms with Gasteiger partial charge in [-0.2, -0.15) is 0 Å². The molecule has 0 atom stereocenters. The van der Waals surface area contributed by atoms with Gasteiger partial charge in [0, 0.05) is 25.8 Å². The third-order valence-electron chi connectivity index (χ3n) is 3.52. The number of hydrogen-bond donors (Lipinski definition) is 1. The molecule has 0 bridgehead atoms. The molecule has 1 aliphatic heterocycles. The van der Waals surface area contributed by atoms with E-state index < -0.39 is 17.0 Å². The van der Waals surface area contributed by atoms with Crippen molar-refractivity contribution in [3.63, 3.8) is 0 Å². The van der Waals surface area contributed by atoms with Crippen molar-refractivity contribution in [1.82, 2.24) is 5.32 Å². The van der Waals surface area contributed by atoms with Gasteiger partial charge in [0.15, 0.2) is 0 Å². The second-order valence-corrected chi connectivity index (χ2v) is 5.13. The van der Waals surface area contributed by atoms with Gasteiger partial charge in [-0.25, -0.2) is 8.78 Å². The lowest BCUT2D eigenvalue weighted by Crippen LogP contribution is -2.42. The Kier molecular flexibility index (Phi) is 4.14. The lowest BCUT2D eigenvalue weighted by Gasteiger charge is -2.32. The molecule has 0 radical (unpaired) electrons. The zero-order chi connectivity index (χ0) is 13.9. The van der Waals surface area contributed by atoms with Crippen molar-refractivity contribution in [2.45, 2.75) is 26.3 Å². The van der Waals surface area contributed by atoms with Crippen LogP contribution in [0, 0.1) is 17.0 Å². The fourth-order valence-electron chi connectivity index (χ4n) is 2.16. The Hall–Kier alpha value is -1.49. The van der Waals surface area contributed by atoms with Crippen molar-refractivity contribution in [3.8, 4) is 0 Å². The lowest BCUT2D eigenvalue weighted by atomic mass is 9.81. The van der Waals surface area contributed by atoms with Gasteiger partial charge >= 0.3 is 0 Å². The van der Waals surface area contributed by atoms with Gasteiger partial charge in [0.2, 0.25) is 5.91 Å². The predicted molar refractivity (Wildman–Crippen MR) is 66.4 cm³/mol. The fourth-order valence-corrected chi connectivity index (χ4v) is 2.16. The summed E-state index contributed by atoms with van der Waals surface area (Å²) in [4.78, 5) is 12.1. The van der Waals surface area contributed by atoms with Crippen LogP contribution in [0.15, 0.2) is 18.2 Å².